The van der Waals surface area contributed by atoms with E-state index in [1.54, 1.807) is 25.1 Å². The predicted octanol–water partition coefficient (Wildman–Crippen LogP) is 3.16. The van der Waals surface area contributed by atoms with Crippen LogP contribution in [0.2, 0.25) is 0 Å². The molecule has 2 aromatic rings. The standard InChI is InChI=1S/C23H25N3O5/c1-3-4-5-15-6-9-17(10-7-15)24-20(27)13-26-21(28)23(2,25-22(26)29)16-8-11-18-19(12-16)31-14-30-18/h6-12H,3-5,13-14H2,1-2H3,(H,24,27)(H,25,29)/t23-/m0/s1. The molecule has 1 fully saturated rings. The summed E-state index contributed by atoms with van der Waals surface area (Å²) in [5.41, 5.74) is 1.09. The Morgan fingerprint density at radius 1 is 1.13 bits per heavy atom. The normalized spacial score (nSPS) is 19.5. The lowest BCUT2D eigenvalue weighted by Crippen LogP contribution is -2.42. The number of nitrogens with zero attached hydrogens (tertiary/aromatic N) is 1. The third kappa shape index (κ3) is 4.05. The van der Waals surface area contributed by atoms with Gasteiger partial charge in [-0.25, -0.2) is 4.79 Å². The largest absolute Gasteiger partial charge is 0.454 e. The van der Waals surface area contributed by atoms with Crippen LogP contribution in [0.25, 0.3) is 0 Å². The molecule has 0 aromatic heterocycles. The molecular formula is C23H25N3O5. The monoisotopic (exact) mass is 423 g/mol. The first-order valence-electron chi connectivity index (χ1n) is 10.3. The van der Waals surface area contributed by atoms with E-state index in [0.717, 1.165) is 24.2 Å². The van der Waals surface area contributed by atoms with Crippen molar-refractivity contribution in [2.45, 2.75) is 38.6 Å². The van der Waals surface area contributed by atoms with Crippen LogP contribution in [0.15, 0.2) is 42.5 Å². The van der Waals surface area contributed by atoms with Gasteiger partial charge in [-0.2, -0.15) is 0 Å². The summed E-state index contributed by atoms with van der Waals surface area (Å²) in [7, 11) is 0. The van der Waals surface area contributed by atoms with Crippen LogP contribution >= 0.6 is 0 Å². The smallest absolute Gasteiger partial charge is 0.325 e. The number of carbonyl (C=O) groups is 3. The molecule has 8 heteroatoms. The van der Waals surface area contributed by atoms with Gasteiger partial charge < -0.3 is 20.1 Å². The molecule has 0 radical (unpaired) electrons. The average molecular weight is 423 g/mol. The Balaban J connectivity index is 1.42. The van der Waals surface area contributed by atoms with Crippen LogP contribution in [0.1, 0.15) is 37.8 Å². The maximum Gasteiger partial charge on any atom is 0.325 e. The summed E-state index contributed by atoms with van der Waals surface area (Å²) in [6.45, 7) is 3.49. The first kappa shape index (κ1) is 20.7. The van der Waals surface area contributed by atoms with Crippen molar-refractivity contribution in [1.29, 1.82) is 0 Å². The average Bonchev–Trinajstić information content (AvgIpc) is 3.31. The van der Waals surface area contributed by atoms with Gasteiger partial charge in [0.05, 0.1) is 0 Å². The fourth-order valence-electron chi connectivity index (χ4n) is 3.72. The zero-order valence-corrected chi connectivity index (χ0v) is 17.6. The molecule has 2 heterocycles. The highest BCUT2D eigenvalue weighted by atomic mass is 16.7. The Kier molecular flexibility index (Phi) is 5.54. The first-order chi connectivity index (χ1) is 14.9. The van der Waals surface area contributed by atoms with Crippen LogP contribution in [-0.4, -0.2) is 36.1 Å². The minimum Gasteiger partial charge on any atom is -0.454 e. The van der Waals surface area contributed by atoms with Crippen molar-refractivity contribution in [3.05, 3.63) is 53.6 Å². The molecule has 31 heavy (non-hydrogen) atoms. The zero-order valence-electron chi connectivity index (χ0n) is 17.6. The number of imide groups is 1. The molecule has 0 aliphatic carbocycles. The van der Waals surface area contributed by atoms with Gasteiger partial charge >= 0.3 is 6.03 Å². The van der Waals surface area contributed by atoms with Crippen molar-refractivity contribution in [2.75, 3.05) is 18.7 Å². The summed E-state index contributed by atoms with van der Waals surface area (Å²) in [4.78, 5) is 39.0. The molecule has 0 bridgehead atoms. The summed E-state index contributed by atoms with van der Waals surface area (Å²) in [5, 5.41) is 5.44. The molecule has 0 unspecified atom stereocenters. The molecule has 2 aromatic carbocycles. The first-order valence-corrected chi connectivity index (χ1v) is 10.3. The van der Waals surface area contributed by atoms with Gasteiger partial charge in [-0.15, -0.1) is 0 Å². The zero-order chi connectivity index (χ0) is 22.0. The summed E-state index contributed by atoms with van der Waals surface area (Å²) in [6, 6.07) is 12.0. The number of anilines is 1. The maximum absolute atomic E-state index is 13.1. The van der Waals surface area contributed by atoms with Gasteiger partial charge in [0.2, 0.25) is 12.7 Å². The number of hydrogen-bond donors (Lipinski definition) is 2. The highest BCUT2D eigenvalue weighted by Gasteiger charge is 2.49. The van der Waals surface area contributed by atoms with Crippen LogP contribution in [0.3, 0.4) is 0 Å². The van der Waals surface area contributed by atoms with E-state index < -0.39 is 23.4 Å². The SMILES string of the molecule is CCCCc1ccc(NC(=O)CN2C(=O)N[C@@](C)(c3ccc4c(c3)OCO4)C2=O)cc1. The molecule has 2 N–H and O–H groups in total. The van der Waals surface area contributed by atoms with Gasteiger partial charge in [-0.1, -0.05) is 31.5 Å². The summed E-state index contributed by atoms with van der Waals surface area (Å²) >= 11 is 0. The van der Waals surface area contributed by atoms with Crippen molar-refractivity contribution in [3.63, 3.8) is 0 Å². The highest BCUT2D eigenvalue weighted by molar-refractivity contribution is 6.10. The van der Waals surface area contributed by atoms with Crippen LogP contribution in [0, 0.1) is 0 Å². The van der Waals surface area contributed by atoms with Gasteiger partial charge in [0, 0.05) is 5.69 Å². The van der Waals surface area contributed by atoms with Crippen molar-refractivity contribution in [1.82, 2.24) is 10.2 Å². The Bertz CT molecular complexity index is 1020. The Labute approximate surface area is 180 Å². The van der Waals surface area contributed by atoms with E-state index in [9.17, 15) is 14.4 Å². The minimum atomic E-state index is -1.29. The van der Waals surface area contributed by atoms with Crippen LogP contribution in [-0.2, 0) is 21.5 Å². The minimum absolute atomic E-state index is 0.113. The van der Waals surface area contributed by atoms with Crippen LogP contribution in [0.4, 0.5) is 10.5 Å². The number of carbonyl (C=O) groups excluding carboxylic acids is 3. The van der Waals surface area contributed by atoms with Crippen LogP contribution in [0.5, 0.6) is 11.5 Å². The van der Waals surface area contributed by atoms with Crippen molar-refractivity contribution in [3.8, 4) is 11.5 Å². The number of unbranched alkanes of at least 4 members (excludes halogenated alkanes) is 1. The fourth-order valence-corrected chi connectivity index (χ4v) is 3.72. The fraction of sp³-hybridized carbons (Fsp3) is 0.348. The number of aryl methyl sites for hydroxylation is 1. The topological polar surface area (TPSA) is 97.0 Å². The van der Waals surface area contributed by atoms with Gasteiger partial charge in [-0.3, -0.25) is 14.5 Å². The molecule has 4 rings (SSSR count). The number of fused-ring (bicyclic) bond motifs is 1. The number of hydrogen-bond acceptors (Lipinski definition) is 5. The number of amides is 4. The second-order valence-corrected chi connectivity index (χ2v) is 7.86. The second kappa shape index (κ2) is 8.29. The molecule has 1 atom stereocenters. The molecule has 8 nitrogen and oxygen atoms in total. The third-order valence-corrected chi connectivity index (χ3v) is 5.58. The van der Waals surface area contributed by atoms with E-state index in [1.165, 1.54) is 5.56 Å². The van der Waals surface area contributed by atoms with Crippen LogP contribution < -0.4 is 20.1 Å². The van der Waals surface area contributed by atoms with Gasteiger partial charge in [-0.05, 0) is 55.2 Å². The number of ether oxygens (including phenoxy) is 2. The van der Waals surface area contributed by atoms with Gasteiger partial charge in [0.25, 0.3) is 5.91 Å². The van der Waals surface area contributed by atoms with E-state index in [0.29, 0.717) is 22.7 Å². The lowest BCUT2D eigenvalue weighted by Gasteiger charge is -2.22. The predicted molar refractivity (Wildman–Crippen MR) is 114 cm³/mol. The van der Waals surface area contributed by atoms with E-state index in [1.807, 2.05) is 24.3 Å². The number of urea groups is 1. The van der Waals surface area contributed by atoms with Crippen molar-refractivity contribution in [2.24, 2.45) is 0 Å². The molecule has 4 amide bonds. The summed E-state index contributed by atoms with van der Waals surface area (Å²) < 4.78 is 10.7. The molecular weight excluding hydrogens is 398 g/mol. The van der Waals surface area contributed by atoms with Crippen molar-refractivity contribution < 1.29 is 23.9 Å². The number of benzene rings is 2. The molecule has 162 valence electrons. The molecule has 1 saturated heterocycles. The maximum atomic E-state index is 13.1. The Hall–Kier alpha value is -3.55. The van der Waals surface area contributed by atoms with Gasteiger partial charge in [0.1, 0.15) is 12.1 Å². The Morgan fingerprint density at radius 2 is 1.87 bits per heavy atom. The summed E-state index contributed by atoms with van der Waals surface area (Å²) in [6.07, 6.45) is 3.22. The molecule has 0 saturated carbocycles. The molecule has 0 spiro atoms. The molecule has 2 aliphatic heterocycles. The van der Waals surface area contributed by atoms with E-state index in [4.69, 9.17) is 9.47 Å². The van der Waals surface area contributed by atoms with E-state index >= 15 is 0 Å². The van der Waals surface area contributed by atoms with Crippen molar-refractivity contribution >= 4 is 23.5 Å². The lowest BCUT2D eigenvalue weighted by atomic mass is 9.91. The number of nitrogens with one attached hydrogen (secondary N) is 2. The quantitative estimate of drug-likeness (QED) is 0.667. The van der Waals surface area contributed by atoms with Gasteiger partial charge in [0.15, 0.2) is 11.5 Å². The second-order valence-electron chi connectivity index (χ2n) is 7.86. The van der Waals surface area contributed by atoms with E-state index in [2.05, 4.69) is 17.6 Å². The summed E-state index contributed by atoms with van der Waals surface area (Å²) in [5.74, 6) is 0.154. The highest BCUT2D eigenvalue weighted by Crippen LogP contribution is 2.37. The Morgan fingerprint density at radius 3 is 2.61 bits per heavy atom. The third-order valence-electron chi connectivity index (χ3n) is 5.58. The lowest BCUT2D eigenvalue weighted by molar-refractivity contribution is -0.133. The molecule has 2 aliphatic rings. The van der Waals surface area contributed by atoms with E-state index in [-0.39, 0.29) is 13.3 Å². The number of rotatable bonds is 7.